The van der Waals surface area contributed by atoms with Gasteiger partial charge in [-0.05, 0) is 24.6 Å². The van der Waals surface area contributed by atoms with Gasteiger partial charge in [0.1, 0.15) is 0 Å². The maximum absolute atomic E-state index is 10.8. The number of nitrogens with two attached hydrogens (primary N) is 1. The van der Waals surface area contributed by atoms with Gasteiger partial charge in [0.2, 0.25) is 0 Å². The summed E-state index contributed by atoms with van der Waals surface area (Å²) in [5.41, 5.74) is 7.02. The molecule has 0 aliphatic rings. The zero-order valence-electron chi connectivity index (χ0n) is 8.94. The summed E-state index contributed by atoms with van der Waals surface area (Å²) in [6.45, 7) is 2.34. The van der Waals surface area contributed by atoms with E-state index in [1.54, 1.807) is 12.1 Å². The standard InChI is InChI=1S/C11H13ClN2O2/c1-2-8(7-13)5-9-6-10(12)3-4-11(9)14(15)16/h3-6H,2,7,13H2,1H3/b8-5-. The molecule has 86 valence electrons. The number of nitro benzene ring substituents is 1. The Kier molecular flexibility index (Phi) is 4.46. The quantitative estimate of drug-likeness (QED) is 0.650. The van der Waals surface area contributed by atoms with Gasteiger partial charge >= 0.3 is 0 Å². The molecule has 0 amide bonds. The smallest absolute Gasteiger partial charge is 0.276 e. The number of benzene rings is 1. The Balaban J connectivity index is 3.24. The van der Waals surface area contributed by atoms with E-state index in [4.69, 9.17) is 17.3 Å². The van der Waals surface area contributed by atoms with Gasteiger partial charge in [-0.2, -0.15) is 0 Å². The highest BCUT2D eigenvalue weighted by Crippen LogP contribution is 2.25. The largest absolute Gasteiger partial charge is 0.327 e. The van der Waals surface area contributed by atoms with Crippen molar-refractivity contribution in [1.82, 2.24) is 0 Å². The Morgan fingerprint density at radius 1 is 1.62 bits per heavy atom. The zero-order valence-corrected chi connectivity index (χ0v) is 9.70. The molecule has 0 spiro atoms. The molecule has 4 nitrogen and oxygen atoms in total. The predicted molar refractivity (Wildman–Crippen MR) is 65.4 cm³/mol. The van der Waals surface area contributed by atoms with E-state index in [0.29, 0.717) is 17.1 Å². The van der Waals surface area contributed by atoms with Crippen LogP contribution in [-0.4, -0.2) is 11.5 Å². The van der Waals surface area contributed by atoms with Crippen molar-refractivity contribution in [2.75, 3.05) is 6.54 Å². The van der Waals surface area contributed by atoms with Crippen LogP contribution in [0, 0.1) is 10.1 Å². The highest BCUT2D eigenvalue weighted by atomic mass is 35.5. The van der Waals surface area contributed by atoms with Crippen molar-refractivity contribution in [3.05, 3.63) is 44.5 Å². The fourth-order valence-electron chi connectivity index (χ4n) is 1.33. The van der Waals surface area contributed by atoms with E-state index < -0.39 is 4.92 Å². The van der Waals surface area contributed by atoms with Crippen molar-refractivity contribution < 1.29 is 4.92 Å². The SMILES string of the molecule is CC/C(=C/c1cc(Cl)ccc1[N+](=O)[O-])CN. The number of halogens is 1. The summed E-state index contributed by atoms with van der Waals surface area (Å²) < 4.78 is 0. The monoisotopic (exact) mass is 240 g/mol. The Labute approximate surface area is 98.9 Å². The van der Waals surface area contributed by atoms with Gasteiger partial charge in [0.15, 0.2) is 0 Å². The molecule has 0 radical (unpaired) electrons. The molecule has 0 saturated heterocycles. The zero-order chi connectivity index (χ0) is 12.1. The fraction of sp³-hybridized carbons (Fsp3) is 0.273. The lowest BCUT2D eigenvalue weighted by molar-refractivity contribution is -0.385. The van der Waals surface area contributed by atoms with E-state index in [-0.39, 0.29) is 5.69 Å². The van der Waals surface area contributed by atoms with Crippen LogP contribution in [-0.2, 0) is 0 Å². The van der Waals surface area contributed by atoms with Crippen molar-refractivity contribution in [2.45, 2.75) is 13.3 Å². The number of nitro groups is 1. The molecule has 16 heavy (non-hydrogen) atoms. The molecule has 1 rings (SSSR count). The van der Waals surface area contributed by atoms with E-state index in [0.717, 1.165) is 12.0 Å². The van der Waals surface area contributed by atoms with Gasteiger partial charge in [-0.25, -0.2) is 0 Å². The number of hydrogen-bond acceptors (Lipinski definition) is 3. The Hall–Kier alpha value is -1.39. The van der Waals surface area contributed by atoms with Gasteiger partial charge in [0.25, 0.3) is 5.69 Å². The molecule has 1 aromatic rings. The van der Waals surface area contributed by atoms with Gasteiger partial charge in [-0.3, -0.25) is 10.1 Å². The average Bonchev–Trinajstić information content (AvgIpc) is 2.25. The van der Waals surface area contributed by atoms with Crippen LogP contribution in [0.1, 0.15) is 18.9 Å². The second kappa shape index (κ2) is 5.63. The van der Waals surface area contributed by atoms with Crippen molar-refractivity contribution in [1.29, 1.82) is 0 Å². The maximum Gasteiger partial charge on any atom is 0.276 e. The Bertz CT molecular complexity index is 424. The molecule has 0 saturated carbocycles. The lowest BCUT2D eigenvalue weighted by Gasteiger charge is -2.02. The third-order valence-electron chi connectivity index (χ3n) is 2.26. The third-order valence-corrected chi connectivity index (χ3v) is 2.50. The molecule has 0 atom stereocenters. The lowest BCUT2D eigenvalue weighted by Crippen LogP contribution is -2.02. The summed E-state index contributed by atoms with van der Waals surface area (Å²) in [5, 5.41) is 11.3. The van der Waals surface area contributed by atoms with Crippen LogP contribution in [0.3, 0.4) is 0 Å². The first-order chi connectivity index (χ1) is 7.58. The van der Waals surface area contributed by atoms with E-state index in [1.165, 1.54) is 12.1 Å². The van der Waals surface area contributed by atoms with Crippen LogP contribution in [0.2, 0.25) is 5.02 Å². The molecule has 0 bridgehead atoms. The van der Waals surface area contributed by atoms with Crippen molar-refractivity contribution in [3.8, 4) is 0 Å². The minimum absolute atomic E-state index is 0.0452. The van der Waals surface area contributed by atoms with Crippen LogP contribution in [0.25, 0.3) is 6.08 Å². The molecule has 2 N–H and O–H groups in total. The molecule has 0 aliphatic heterocycles. The summed E-state index contributed by atoms with van der Waals surface area (Å²) in [6, 6.07) is 4.48. The number of hydrogen-bond donors (Lipinski definition) is 1. The van der Waals surface area contributed by atoms with Gasteiger partial charge in [0, 0.05) is 17.6 Å². The molecule has 0 aromatic heterocycles. The lowest BCUT2D eigenvalue weighted by atomic mass is 10.1. The second-order valence-electron chi connectivity index (χ2n) is 3.32. The molecule has 0 heterocycles. The molecule has 0 aliphatic carbocycles. The molecular formula is C11H13ClN2O2. The fourth-order valence-corrected chi connectivity index (χ4v) is 1.51. The summed E-state index contributed by atoms with van der Waals surface area (Å²) in [7, 11) is 0. The highest BCUT2D eigenvalue weighted by molar-refractivity contribution is 6.30. The van der Waals surface area contributed by atoms with Crippen LogP contribution < -0.4 is 5.73 Å². The number of nitrogens with zero attached hydrogens (tertiary/aromatic N) is 1. The van der Waals surface area contributed by atoms with Gasteiger partial charge < -0.3 is 5.73 Å². The molecule has 0 unspecified atom stereocenters. The normalized spacial score (nSPS) is 11.6. The van der Waals surface area contributed by atoms with Crippen LogP contribution in [0.5, 0.6) is 0 Å². The first-order valence-corrected chi connectivity index (χ1v) is 5.29. The topological polar surface area (TPSA) is 69.2 Å². The molecular weight excluding hydrogens is 228 g/mol. The Morgan fingerprint density at radius 3 is 2.81 bits per heavy atom. The van der Waals surface area contributed by atoms with Crippen LogP contribution in [0.4, 0.5) is 5.69 Å². The van der Waals surface area contributed by atoms with Crippen LogP contribution in [0.15, 0.2) is 23.8 Å². The second-order valence-corrected chi connectivity index (χ2v) is 3.76. The molecule has 5 heteroatoms. The summed E-state index contributed by atoms with van der Waals surface area (Å²) >= 11 is 5.81. The van der Waals surface area contributed by atoms with Crippen molar-refractivity contribution >= 4 is 23.4 Å². The van der Waals surface area contributed by atoms with Gasteiger partial charge in [-0.1, -0.05) is 24.1 Å². The Morgan fingerprint density at radius 2 is 2.31 bits per heavy atom. The van der Waals surface area contributed by atoms with E-state index in [1.807, 2.05) is 6.92 Å². The van der Waals surface area contributed by atoms with Gasteiger partial charge in [-0.15, -0.1) is 0 Å². The minimum atomic E-state index is -0.425. The van der Waals surface area contributed by atoms with Crippen LogP contribution >= 0.6 is 11.6 Å². The van der Waals surface area contributed by atoms with Crippen molar-refractivity contribution in [2.24, 2.45) is 5.73 Å². The average molecular weight is 241 g/mol. The number of rotatable bonds is 4. The first-order valence-electron chi connectivity index (χ1n) is 4.92. The molecule has 0 fully saturated rings. The predicted octanol–water partition coefficient (Wildman–Crippen LogP) is 3.00. The van der Waals surface area contributed by atoms with Crippen molar-refractivity contribution in [3.63, 3.8) is 0 Å². The maximum atomic E-state index is 10.8. The molecule has 1 aromatic carbocycles. The summed E-state index contributed by atoms with van der Waals surface area (Å²) in [6.07, 6.45) is 2.49. The summed E-state index contributed by atoms with van der Waals surface area (Å²) in [5.74, 6) is 0. The van der Waals surface area contributed by atoms with Gasteiger partial charge in [0.05, 0.1) is 10.5 Å². The third kappa shape index (κ3) is 3.05. The van der Waals surface area contributed by atoms with E-state index in [2.05, 4.69) is 0 Å². The minimum Gasteiger partial charge on any atom is -0.327 e. The van der Waals surface area contributed by atoms with E-state index >= 15 is 0 Å². The summed E-state index contributed by atoms with van der Waals surface area (Å²) in [4.78, 5) is 10.4. The van der Waals surface area contributed by atoms with E-state index in [9.17, 15) is 10.1 Å². The highest BCUT2D eigenvalue weighted by Gasteiger charge is 2.12. The first kappa shape index (κ1) is 12.7.